The molecular weight excluding hydrogens is 236 g/mol. The van der Waals surface area contributed by atoms with Crippen LogP contribution >= 0.6 is 0 Å². The second kappa shape index (κ2) is 7.05. The Morgan fingerprint density at radius 3 is 2.58 bits per heavy atom. The van der Waals surface area contributed by atoms with Crippen LogP contribution in [0.3, 0.4) is 0 Å². The summed E-state index contributed by atoms with van der Waals surface area (Å²) in [6.07, 6.45) is 9.86. The third-order valence-corrected chi connectivity index (χ3v) is 5.37. The second-order valence-electron chi connectivity index (χ2n) is 6.77. The Kier molecular flexibility index (Phi) is 5.14. The molecule has 0 radical (unpaired) electrons. The van der Waals surface area contributed by atoms with E-state index in [0.717, 1.165) is 31.1 Å². The highest BCUT2D eigenvalue weighted by Crippen LogP contribution is 2.28. The van der Waals surface area contributed by atoms with Gasteiger partial charge < -0.3 is 15.0 Å². The van der Waals surface area contributed by atoms with Crippen molar-refractivity contribution in [2.45, 2.75) is 51.0 Å². The Morgan fingerprint density at radius 1 is 1.00 bits per heavy atom. The molecule has 1 aliphatic carbocycles. The van der Waals surface area contributed by atoms with Crippen LogP contribution in [0.4, 0.5) is 0 Å². The smallest absolute Gasteiger partial charge is 0.0469 e. The summed E-state index contributed by atoms with van der Waals surface area (Å²) in [7, 11) is 0. The molecule has 0 spiro atoms. The van der Waals surface area contributed by atoms with E-state index in [2.05, 4.69) is 10.2 Å². The molecule has 0 aromatic rings. The Bertz CT molecular complexity index is 259. The lowest BCUT2D eigenvalue weighted by Crippen LogP contribution is -2.55. The summed E-state index contributed by atoms with van der Waals surface area (Å²) >= 11 is 0. The maximum Gasteiger partial charge on any atom is 0.0469 e. The first-order valence-electron chi connectivity index (χ1n) is 8.45. The monoisotopic (exact) mass is 266 g/mol. The minimum atomic E-state index is 0.772. The number of rotatable bonds is 3. The summed E-state index contributed by atoms with van der Waals surface area (Å²) in [5.41, 5.74) is 0. The van der Waals surface area contributed by atoms with E-state index in [9.17, 15) is 0 Å². The first kappa shape index (κ1) is 13.8. The van der Waals surface area contributed by atoms with Crippen LogP contribution in [0.5, 0.6) is 0 Å². The molecule has 3 heteroatoms. The predicted molar refractivity (Wildman–Crippen MR) is 78.3 cm³/mol. The highest BCUT2D eigenvalue weighted by molar-refractivity contribution is 4.86. The van der Waals surface area contributed by atoms with Gasteiger partial charge in [-0.3, -0.25) is 0 Å². The van der Waals surface area contributed by atoms with E-state index in [1.54, 1.807) is 0 Å². The molecule has 3 nitrogen and oxygen atoms in total. The molecule has 2 aliphatic heterocycles. The van der Waals surface area contributed by atoms with Crippen LogP contribution in [-0.4, -0.2) is 50.3 Å². The summed E-state index contributed by atoms with van der Waals surface area (Å²) in [5, 5.41) is 3.79. The summed E-state index contributed by atoms with van der Waals surface area (Å²) in [6, 6.07) is 0.772. The lowest BCUT2D eigenvalue weighted by Gasteiger charge is -2.40. The van der Waals surface area contributed by atoms with Crippen LogP contribution in [0.25, 0.3) is 0 Å². The minimum Gasteiger partial charge on any atom is -0.381 e. The second-order valence-corrected chi connectivity index (χ2v) is 6.77. The van der Waals surface area contributed by atoms with Crippen LogP contribution in [0.1, 0.15) is 44.9 Å². The zero-order valence-electron chi connectivity index (χ0n) is 12.3. The zero-order chi connectivity index (χ0) is 12.9. The van der Waals surface area contributed by atoms with Crippen molar-refractivity contribution in [3.63, 3.8) is 0 Å². The average molecular weight is 266 g/mol. The van der Waals surface area contributed by atoms with Crippen LogP contribution in [0, 0.1) is 11.8 Å². The lowest BCUT2D eigenvalue weighted by atomic mass is 9.83. The van der Waals surface area contributed by atoms with E-state index in [1.165, 1.54) is 71.1 Å². The number of hydrogen-bond donors (Lipinski definition) is 1. The van der Waals surface area contributed by atoms with Crippen molar-refractivity contribution in [3.8, 4) is 0 Å². The fourth-order valence-corrected chi connectivity index (χ4v) is 4.15. The zero-order valence-corrected chi connectivity index (χ0v) is 12.3. The molecule has 3 fully saturated rings. The van der Waals surface area contributed by atoms with Gasteiger partial charge in [0.2, 0.25) is 0 Å². The first-order chi connectivity index (χ1) is 9.42. The summed E-state index contributed by atoms with van der Waals surface area (Å²) < 4.78 is 5.47. The van der Waals surface area contributed by atoms with Crippen LogP contribution < -0.4 is 5.32 Å². The first-order valence-corrected chi connectivity index (χ1v) is 8.45. The van der Waals surface area contributed by atoms with Gasteiger partial charge in [-0.05, 0) is 37.5 Å². The molecule has 2 saturated heterocycles. The molecule has 110 valence electrons. The number of ether oxygens (including phenoxy) is 1. The number of hydrogen-bond acceptors (Lipinski definition) is 3. The molecule has 0 bridgehead atoms. The molecule has 19 heavy (non-hydrogen) atoms. The predicted octanol–water partition coefficient (Wildman–Crippen LogP) is 2.27. The largest absolute Gasteiger partial charge is 0.381 e. The quantitative estimate of drug-likeness (QED) is 0.848. The normalized spacial score (nSPS) is 32.5. The van der Waals surface area contributed by atoms with Gasteiger partial charge in [-0.1, -0.05) is 19.3 Å². The van der Waals surface area contributed by atoms with Gasteiger partial charge in [-0.25, -0.2) is 0 Å². The third kappa shape index (κ3) is 3.93. The van der Waals surface area contributed by atoms with Gasteiger partial charge >= 0.3 is 0 Å². The molecule has 3 rings (SSSR count). The van der Waals surface area contributed by atoms with Crippen molar-refractivity contribution < 1.29 is 4.74 Å². The lowest BCUT2D eigenvalue weighted by molar-refractivity contribution is 0.0444. The highest BCUT2D eigenvalue weighted by atomic mass is 16.5. The number of piperazine rings is 1. The maximum absolute atomic E-state index is 5.47. The Morgan fingerprint density at radius 2 is 1.79 bits per heavy atom. The van der Waals surface area contributed by atoms with Gasteiger partial charge in [0, 0.05) is 45.4 Å². The van der Waals surface area contributed by atoms with Crippen molar-refractivity contribution in [2.75, 3.05) is 39.4 Å². The SMILES string of the molecule is C1CCC(C2CN(CC3CCOCC3)CCN2)CC1. The highest BCUT2D eigenvalue weighted by Gasteiger charge is 2.29. The summed E-state index contributed by atoms with van der Waals surface area (Å²) in [6.45, 7) is 7.03. The fourth-order valence-electron chi connectivity index (χ4n) is 4.15. The van der Waals surface area contributed by atoms with Gasteiger partial charge in [0.25, 0.3) is 0 Å². The molecule has 2 heterocycles. The van der Waals surface area contributed by atoms with E-state index in [1.807, 2.05) is 0 Å². The van der Waals surface area contributed by atoms with E-state index in [0.29, 0.717) is 0 Å². The van der Waals surface area contributed by atoms with E-state index < -0.39 is 0 Å². The Balaban J connectivity index is 1.46. The molecule has 0 aromatic heterocycles. The van der Waals surface area contributed by atoms with Gasteiger partial charge in [-0.2, -0.15) is 0 Å². The van der Waals surface area contributed by atoms with E-state index >= 15 is 0 Å². The van der Waals surface area contributed by atoms with Gasteiger partial charge in [0.05, 0.1) is 0 Å². The maximum atomic E-state index is 5.47. The van der Waals surface area contributed by atoms with Crippen molar-refractivity contribution in [1.29, 1.82) is 0 Å². The van der Waals surface area contributed by atoms with Crippen LogP contribution in [0.2, 0.25) is 0 Å². The average Bonchev–Trinajstić information content (AvgIpc) is 2.49. The molecular formula is C16H30N2O. The molecule has 0 aromatic carbocycles. The number of nitrogens with one attached hydrogen (secondary N) is 1. The number of nitrogens with zero attached hydrogens (tertiary/aromatic N) is 1. The van der Waals surface area contributed by atoms with Gasteiger partial charge in [0.15, 0.2) is 0 Å². The molecule has 3 aliphatic rings. The van der Waals surface area contributed by atoms with Crippen molar-refractivity contribution in [1.82, 2.24) is 10.2 Å². The summed E-state index contributed by atoms with van der Waals surface area (Å²) in [5.74, 6) is 1.84. The Hall–Kier alpha value is -0.120. The molecule has 0 amide bonds. The Labute approximate surface area is 118 Å². The van der Waals surface area contributed by atoms with Gasteiger partial charge in [0.1, 0.15) is 0 Å². The standard InChI is InChI=1S/C16H30N2O/c1-2-4-15(5-3-1)16-13-18(9-8-17-16)12-14-6-10-19-11-7-14/h14-17H,1-13H2. The molecule has 1 atom stereocenters. The van der Waals surface area contributed by atoms with Crippen LogP contribution in [0.15, 0.2) is 0 Å². The molecule has 1 saturated carbocycles. The van der Waals surface area contributed by atoms with Crippen LogP contribution in [-0.2, 0) is 4.74 Å². The van der Waals surface area contributed by atoms with Gasteiger partial charge in [-0.15, -0.1) is 0 Å². The molecule has 1 N–H and O–H groups in total. The molecule has 1 unspecified atom stereocenters. The van der Waals surface area contributed by atoms with E-state index in [4.69, 9.17) is 4.74 Å². The summed E-state index contributed by atoms with van der Waals surface area (Å²) in [4.78, 5) is 2.73. The topological polar surface area (TPSA) is 24.5 Å². The minimum absolute atomic E-state index is 0.772. The fraction of sp³-hybridized carbons (Fsp3) is 1.00. The third-order valence-electron chi connectivity index (χ3n) is 5.37. The van der Waals surface area contributed by atoms with Crippen molar-refractivity contribution in [2.24, 2.45) is 11.8 Å². The van der Waals surface area contributed by atoms with Crippen molar-refractivity contribution >= 4 is 0 Å². The van der Waals surface area contributed by atoms with Crippen molar-refractivity contribution in [3.05, 3.63) is 0 Å². The van der Waals surface area contributed by atoms with E-state index in [-0.39, 0.29) is 0 Å².